The van der Waals surface area contributed by atoms with Crippen molar-refractivity contribution in [3.05, 3.63) is 0 Å². The van der Waals surface area contributed by atoms with Crippen molar-refractivity contribution in [3.8, 4) is 0 Å². The third-order valence-corrected chi connectivity index (χ3v) is 4.82. The van der Waals surface area contributed by atoms with E-state index < -0.39 is 0 Å². The Morgan fingerprint density at radius 3 is 2.69 bits per heavy atom. The minimum atomic E-state index is -0.0295. The SMILES string of the molecule is CC1(C)C2C[C@H]3O[B]O[C@@]3(C)[C@H]1C2. The van der Waals surface area contributed by atoms with Gasteiger partial charge < -0.3 is 9.31 Å². The predicted molar refractivity (Wildman–Crippen MR) is 50.1 cm³/mol. The molecule has 3 saturated carbocycles. The molecule has 3 aliphatic carbocycles. The molecule has 0 aromatic heterocycles. The highest BCUT2D eigenvalue weighted by atomic mass is 16.6. The van der Waals surface area contributed by atoms with Gasteiger partial charge in [0.1, 0.15) is 0 Å². The Balaban J connectivity index is 1.97. The molecule has 13 heavy (non-hydrogen) atoms. The third-order valence-electron chi connectivity index (χ3n) is 4.82. The van der Waals surface area contributed by atoms with Gasteiger partial charge in [0.25, 0.3) is 0 Å². The van der Waals surface area contributed by atoms with Gasteiger partial charge >= 0.3 is 7.69 Å². The zero-order valence-electron chi connectivity index (χ0n) is 8.54. The van der Waals surface area contributed by atoms with Crippen molar-refractivity contribution in [2.45, 2.75) is 45.3 Å². The Hall–Kier alpha value is -0.0151. The molecular formula is C10H16BO2. The molecule has 1 unspecified atom stereocenters. The smallest absolute Gasteiger partial charge is 0.407 e. The minimum absolute atomic E-state index is 0.0295. The summed E-state index contributed by atoms with van der Waals surface area (Å²) in [4.78, 5) is 0. The van der Waals surface area contributed by atoms with Crippen LogP contribution in [0, 0.1) is 17.3 Å². The molecule has 1 heterocycles. The second-order valence-electron chi connectivity index (χ2n) is 5.56. The molecule has 0 spiro atoms. The molecule has 4 atom stereocenters. The Morgan fingerprint density at radius 2 is 2.00 bits per heavy atom. The Labute approximate surface area is 80.3 Å². The van der Waals surface area contributed by atoms with Crippen molar-refractivity contribution in [2.24, 2.45) is 17.3 Å². The maximum absolute atomic E-state index is 5.68. The van der Waals surface area contributed by atoms with E-state index in [1.54, 1.807) is 7.69 Å². The first kappa shape index (κ1) is 8.31. The van der Waals surface area contributed by atoms with Gasteiger partial charge in [-0.2, -0.15) is 0 Å². The zero-order valence-corrected chi connectivity index (χ0v) is 8.54. The van der Waals surface area contributed by atoms with Gasteiger partial charge in [-0.3, -0.25) is 0 Å². The fraction of sp³-hybridized carbons (Fsp3) is 1.00. The molecule has 71 valence electrons. The van der Waals surface area contributed by atoms with Crippen LogP contribution in [0.5, 0.6) is 0 Å². The van der Waals surface area contributed by atoms with Crippen LogP contribution >= 0.6 is 0 Å². The highest BCUT2D eigenvalue weighted by molar-refractivity contribution is 6.19. The summed E-state index contributed by atoms with van der Waals surface area (Å²) in [5.74, 6) is 1.54. The predicted octanol–water partition coefficient (Wildman–Crippen LogP) is 1.76. The number of hydrogen-bond acceptors (Lipinski definition) is 2. The van der Waals surface area contributed by atoms with Crippen LogP contribution in [0.2, 0.25) is 0 Å². The van der Waals surface area contributed by atoms with Gasteiger partial charge in [-0.25, -0.2) is 0 Å². The van der Waals surface area contributed by atoms with Crippen LogP contribution in [0.3, 0.4) is 0 Å². The van der Waals surface area contributed by atoms with E-state index >= 15 is 0 Å². The van der Waals surface area contributed by atoms with Crippen LogP contribution in [0.25, 0.3) is 0 Å². The summed E-state index contributed by atoms with van der Waals surface area (Å²) in [5.41, 5.74) is 0.436. The van der Waals surface area contributed by atoms with Crippen molar-refractivity contribution < 1.29 is 9.31 Å². The Bertz CT molecular complexity index is 253. The van der Waals surface area contributed by atoms with E-state index in [0.717, 1.165) is 5.92 Å². The standard InChI is InChI=1S/C10H16BO2/c1-9(2)6-4-7(9)10(3)8(5-6)12-11-13-10/h6-8H,4-5H2,1-3H3/t6?,7-,8+,10-/m0/s1. The van der Waals surface area contributed by atoms with Gasteiger partial charge in [-0.05, 0) is 37.0 Å². The molecule has 1 saturated heterocycles. The average molecular weight is 179 g/mol. The maximum atomic E-state index is 5.68. The van der Waals surface area contributed by atoms with Gasteiger partial charge in [0.15, 0.2) is 0 Å². The van der Waals surface area contributed by atoms with Gasteiger partial charge in [0.2, 0.25) is 0 Å². The second-order valence-corrected chi connectivity index (χ2v) is 5.56. The summed E-state index contributed by atoms with van der Waals surface area (Å²) < 4.78 is 11.2. The van der Waals surface area contributed by atoms with Gasteiger partial charge in [-0.15, -0.1) is 0 Å². The lowest BCUT2D eigenvalue weighted by atomic mass is 9.43. The molecule has 1 radical (unpaired) electrons. The van der Waals surface area contributed by atoms with E-state index in [-0.39, 0.29) is 5.60 Å². The first-order valence-electron chi connectivity index (χ1n) is 5.20. The van der Waals surface area contributed by atoms with E-state index in [4.69, 9.17) is 9.31 Å². The van der Waals surface area contributed by atoms with Gasteiger partial charge in [0, 0.05) is 0 Å². The molecule has 0 amide bonds. The summed E-state index contributed by atoms with van der Waals surface area (Å²) >= 11 is 0. The van der Waals surface area contributed by atoms with Crippen LogP contribution < -0.4 is 0 Å². The quantitative estimate of drug-likeness (QED) is 0.527. The van der Waals surface area contributed by atoms with E-state index in [0.29, 0.717) is 17.4 Å². The highest BCUT2D eigenvalue weighted by Gasteiger charge is 2.65. The van der Waals surface area contributed by atoms with Crippen LogP contribution in [-0.2, 0) is 9.31 Å². The normalized spacial score (nSPS) is 56.4. The Morgan fingerprint density at radius 1 is 1.23 bits per heavy atom. The monoisotopic (exact) mass is 179 g/mol. The molecule has 0 aromatic carbocycles. The first-order valence-corrected chi connectivity index (χ1v) is 5.20. The van der Waals surface area contributed by atoms with E-state index in [2.05, 4.69) is 20.8 Å². The molecule has 2 nitrogen and oxygen atoms in total. The molecule has 4 fully saturated rings. The van der Waals surface area contributed by atoms with Crippen molar-refractivity contribution in [1.29, 1.82) is 0 Å². The largest absolute Gasteiger partial charge is 0.488 e. The lowest BCUT2D eigenvalue weighted by Gasteiger charge is -2.64. The van der Waals surface area contributed by atoms with E-state index in [1.807, 2.05) is 0 Å². The highest BCUT2D eigenvalue weighted by Crippen LogP contribution is 2.65. The molecule has 4 aliphatic rings. The van der Waals surface area contributed by atoms with Crippen LogP contribution in [0.4, 0.5) is 0 Å². The van der Waals surface area contributed by atoms with Crippen molar-refractivity contribution >= 4 is 7.69 Å². The van der Waals surface area contributed by atoms with Gasteiger partial charge in [0.05, 0.1) is 11.7 Å². The molecule has 0 N–H and O–H groups in total. The summed E-state index contributed by atoms with van der Waals surface area (Å²) in [6.45, 7) is 6.95. The average Bonchev–Trinajstić information content (AvgIpc) is 2.44. The first-order chi connectivity index (χ1) is 6.05. The van der Waals surface area contributed by atoms with Crippen molar-refractivity contribution in [2.75, 3.05) is 0 Å². The van der Waals surface area contributed by atoms with E-state index in [9.17, 15) is 0 Å². The molecule has 0 aromatic rings. The molecule has 4 rings (SSSR count). The Kier molecular flexibility index (Phi) is 1.37. The van der Waals surface area contributed by atoms with Crippen LogP contribution in [0.1, 0.15) is 33.6 Å². The van der Waals surface area contributed by atoms with E-state index in [1.165, 1.54) is 12.8 Å². The summed E-state index contributed by atoms with van der Waals surface area (Å²) in [6, 6.07) is 0. The number of rotatable bonds is 0. The van der Waals surface area contributed by atoms with Gasteiger partial charge in [-0.1, -0.05) is 13.8 Å². The van der Waals surface area contributed by atoms with Crippen LogP contribution in [0.15, 0.2) is 0 Å². The summed E-state index contributed by atoms with van der Waals surface area (Å²) in [5, 5.41) is 0. The fourth-order valence-corrected chi connectivity index (χ4v) is 3.65. The summed E-state index contributed by atoms with van der Waals surface area (Å²) in [6.07, 6.45) is 2.83. The second kappa shape index (κ2) is 2.14. The van der Waals surface area contributed by atoms with Crippen molar-refractivity contribution in [3.63, 3.8) is 0 Å². The summed E-state index contributed by atoms with van der Waals surface area (Å²) in [7, 11) is 1.56. The zero-order chi connectivity index (χ0) is 9.27. The fourth-order valence-electron chi connectivity index (χ4n) is 3.65. The lowest BCUT2D eigenvalue weighted by Crippen LogP contribution is -2.65. The van der Waals surface area contributed by atoms with Crippen LogP contribution in [-0.4, -0.2) is 19.4 Å². The molecule has 1 aliphatic heterocycles. The molecule has 2 bridgehead atoms. The lowest BCUT2D eigenvalue weighted by molar-refractivity contribution is -0.199. The third kappa shape index (κ3) is 0.786. The molecular weight excluding hydrogens is 163 g/mol. The topological polar surface area (TPSA) is 18.5 Å². The van der Waals surface area contributed by atoms with Crippen molar-refractivity contribution in [1.82, 2.24) is 0 Å². The maximum Gasteiger partial charge on any atom is 0.488 e. The minimum Gasteiger partial charge on any atom is -0.407 e. The molecule has 3 heteroatoms. The number of hydrogen-bond donors (Lipinski definition) is 0.